The van der Waals surface area contributed by atoms with Gasteiger partial charge in [-0.05, 0) is 107 Å². The third kappa shape index (κ3) is 4.29. The Hall–Kier alpha value is -0.320. The second-order valence-electron chi connectivity index (χ2n) is 16.6. The van der Waals surface area contributed by atoms with Crippen molar-refractivity contribution in [3.63, 3.8) is 0 Å². The molecule has 244 valence electrons. The van der Waals surface area contributed by atoms with E-state index in [-0.39, 0.29) is 24.8 Å². The molecule has 4 bridgehead atoms. The molecule has 8 saturated heterocycles. The Labute approximate surface area is 258 Å². The van der Waals surface area contributed by atoms with Crippen LogP contribution in [0.5, 0.6) is 0 Å². The van der Waals surface area contributed by atoms with E-state index >= 15 is 0 Å². The van der Waals surface area contributed by atoms with Gasteiger partial charge < -0.3 is 18.9 Å². The summed E-state index contributed by atoms with van der Waals surface area (Å²) < 4.78 is 27.3. The molecule has 8 heteroatoms. The number of ether oxygens (including phenoxy) is 4. The standard InChI is InChI=1S/C35H56O8/c1-8-23(17-28-21(4)26-11-9-19(2)24-13-15-32(6)38-30(36-28)34(24,26)42-40-32)18-29-22(5)27-12-10-20(3)25-14-16-33(7)39-31(37-29)35(25,27)43-41-33/h19-31H,8-18H2,1-7H3/t19-,20-,21-,22-,24+,25+,26+,27+,28-,29-,30-,31-,32+,33+,34-,35-/m1/s1. The van der Waals surface area contributed by atoms with Crippen LogP contribution in [-0.4, -0.2) is 47.6 Å². The van der Waals surface area contributed by atoms with Crippen molar-refractivity contribution in [3.8, 4) is 0 Å². The fourth-order valence-corrected chi connectivity index (χ4v) is 11.6. The second-order valence-corrected chi connectivity index (χ2v) is 16.6. The molecule has 2 aliphatic carbocycles. The van der Waals surface area contributed by atoms with Gasteiger partial charge in [0.25, 0.3) is 0 Å². The van der Waals surface area contributed by atoms with E-state index in [1.807, 2.05) is 13.8 Å². The van der Waals surface area contributed by atoms with Crippen LogP contribution in [-0.2, 0) is 38.5 Å². The summed E-state index contributed by atoms with van der Waals surface area (Å²) in [5, 5.41) is 0. The molecule has 0 aromatic carbocycles. The molecule has 43 heavy (non-hydrogen) atoms. The normalized spacial score (nSPS) is 58.9. The zero-order valence-corrected chi connectivity index (χ0v) is 27.5. The lowest BCUT2D eigenvalue weighted by Gasteiger charge is -2.61. The fourth-order valence-electron chi connectivity index (χ4n) is 11.6. The Morgan fingerprint density at radius 3 is 1.44 bits per heavy atom. The molecule has 8 aliphatic heterocycles. The average Bonchev–Trinajstić information content (AvgIpc) is 3.35. The summed E-state index contributed by atoms with van der Waals surface area (Å²) >= 11 is 0. The Morgan fingerprint density at radius 1 is 0.581 bits per heavy atom. The van der Waals surface area contributed by atoms with Crippen LogP contribution in [0, 0.1) is 53.3 Å². The number of hydrogen-bond acceptors (Lipinski definition) is 8. The van der Waals surface area contributed by atoms with Gasteiger partial charge in [0.1, 0.15) is 0 Å². The largest absolute Gasteiger partial charge is 0.346 e. The van der Waals surface area contributed by atoms with E-state index < -0.39 is 22.8 Å². The third-order valence-corrected chi connectivity index (χ3v) is 14.3. The Morgan fingerprint density at radius 2 is 1.02 bits per heavy atom. The molecule has 2 saturated carbocycles. The van der Waals surface area contributed by atoms with Crippen molar-refractivity contribution in [2.24, 2.45) is 53.3 Å². The first-order valence-electron chi connectivity index (χ1n) is 17.9. The molecule has 2 spiro atoms. The molecule has 0 radical (unpaired) electrons. The van der Waals surface area contributed by atoms with Gasteiger partial charge in [0, 0.05) is 24.7 Å². The van der Waals surface area contributed by atoms with Crippen LogP contribution < -0.4 is 0 Å². The number of fused-ring (bicyclic) bond motifs is 4. The van der Waals surface area contributed by atoms with Gasteiger partial charge in [-0.3, -0.25) is 0 Å². The molecule has 8 nitrogen and oxygen atoms in total. The molecule has 0 aromatic rings. The smallest absolute Gasteiger partial charge is 0.201 e. The van der Waals surface area contributed by atoms with Gasteiger partial charge in [0.2, 0.25) is 11.6 Å². The third-order valence-electron chi connectivity index (χ3n) is 14.3. The SMILES string of the molecule is CCC(C[C@H]1O[C@@H]2O[C@]3(C)CC[C@H]4[C@H](C)CC[C@@H]([C@H]1C)[C@@]24OO3)C[C@H]1O[C@@H]2O[C@]3(C)CC[C@H]4[C@H](C)CC[C@@H]([C@H]1C)[C@@]24OO3. The van der Waals surface area contributed by atoms with E-state index in [0.717, 1.165) is 57.8 Å². The summed E-state index contributed by atoms with van der Waals surface area (Å²) in [6.07, 6.45) is 11.2. The monoisotopic (exact) mass is 604 g/mol. The van der Waals surface area contributed by atoms with Gasteiger partial charge in [-0.2, -0.15) is 0 Å². The molecule has 0 aromatic heterocycles. The lowest BCUT2D eigenvalue weighted by atomic mass is 9.56. The van der Waals surface area contributed by atoms with Crippen molar-refractivity contribution in [1.29, 1.82) is 0 Å². The molecule has 0 unspecified atom stereocenters. The second kappa shape index (κ2) is 10.3. The van der Waals surface area contributed by atoms with E-state index in [4.69, 9.17) is 38.5 Å². The fraction of sp³-hybridized carbons (Fsp3) is 1.00. The molecule has 0 N–H and O–H groups in total. The highest BCUT2D eigenvalue weighted by molar-refractivity contribution is 5.11. The summed E-state index contributed by atoms with van der Waals surface area (Å²) in [6.45, 7) is 15.9. The predicted octanol–water partition coefficient (Wildman–Crippen LogP) is 7.29. The Kier molecular flexibility index (Phi) is 7.22. The average molecular weight is 605 g/mol. The Bertz CT molecular complexity index is 992. The zero-order valence-electron chi connectivity index (χ0n) is 27.5. The number of rotatable bonds is 5. The molecule has 10 rings (SSSR count). The van der Waals surface area contributed by atoms with Gasteiger partial charge >= 0.3 is 0 Å². The van der Waals surface area contributed by atoms with E-state index in [2.05, 4.69) is 34.6 Å². The summed E-state index contributed by atoms with van der Waals surface area (Å²) in [6, 6.07) is 0. The first kappa shape index (κ1) is 30.0. The summed E-state index contributed by atoms with van der Waals surface area (Å²) in [5.41, 5.74) is -0.993. The maximum atomic E-state index is 7.01. The van der Waals surface area contributed by atoms with Crippen LogP contribution in [0.3, 0.4) is 0 Å². The van der Waals surface area contributed by atoms with Crippen LogP contribution in [0.4, 0.5) is 0 Å². The summed E-state index contributed by atoms with van der Waals surface area (Å²) in [5.74, 6) is 2.46. The van der Waals surface area contributed by atoms with E-state index in [9.17, 15) is 0 Å². The van der Waals surface area contributed by atoms with Crippen LogP contribution in [0.2, 0.25) is 0 Å². The van der Waals surface area contributed by atoms with Crippen molar-refractivity contribution >= 4 is 0 Å². The minimum atomic E-state index is -0.732. The van der Waals surface area contributed by atoms with Gasteiger partial charge in [-0.25, -0.2) is 19.6 Å². The quantitative estimate of drug-likeness (QED) is 0.303. The van der Waals surface area contributed by atoms with Crippen molar-refractivity contribution in [2.75, 3.05) is 0 Å². The highest BCUT2D eigenvalue weighted by atomic mass is 17.3. The van der Waals surface area contributed by atoms with Gasteiger partial charge in [0.15, 0.2) is 23.8 Å². The van der Waals surface area contributed by atoms with E-state index in [1.54, 1.807) is 0 Å². The highest BCUT2D eigenvalue weighted by Crippen LogP contribution is 2.63. The molecular formula is C35H56O8. The van der Waals surface area contributed by atoms with E-state index in [1.165, 1.54) is 12.8 Å². The predicted molar refractivity (Wildman–Crippen MR) is 157 cm³/mol. The van der Waals surface area contributed by atoms with Crippen LogP contribution in [0.25, 0.3) is 0 Å². The highest BCUT2D eigenvalue weighted by Gasteiger charge is 2.71. The van der Waals surface area contributed by atoms with Crippen molar-refractivity contribution in [3.05, 3.63) is 0 Å². The van der Waals surface area contributed by atoms with Crippen LogP contribution >= 0.6 is 0 Å². The lowest BCUT2D eigenvalue weighted by molar-refractivity contribution is -0.571. The molecule has 10 aliphatic rings. The molecular weight excluding hydrogens is 548 g/mol. The first-order chi connectivity index (χ1) is 20.5. The van der Waals surface area contributed by atoms with Crippen LogP contribution in [0.15, 0.2) is 0 Å². The Balaban J connectivity index is 1.02. The maximum absolute atomic E-state index is 7.01. The number of hydrogen-bond donors (Lipinski definition) is 0. The minimum Gasteiger partial charge on any atom is -0.346 e. The molecule has 0 amide bonds. The summed E-state index contributed by atoms with van der Waals surface area (Å²) in [4.78, 5) is 24.9. The lowest BCUT2D eigenvalue weighted by Crippen LogP contribution is -2.70. The van der Waals surface area contributed by atoms with Gasteiger partial charge in [-0.15, -0.1) is 0 Å². The zero-order chi connectivity index (χ0) is 29.9. The summed E-state index contributed by atoms with van der Waals surface area (Å²) in [7, 11) is 0. The molecule has 8 heterocycles. The first-order valence-corrected chi connectivity index (χ1v) is 17.9. The van der Waals surface area contributed by atoms with Crippen molar-refractivity contribution in [2.45, 2.75) is 167 Å². The van der Waals surface area contributed by atoms with Gasteiger partial charge in [-0.1, -0.05) is 41.0 Å². The van der Waals surface area contributed by atoms with Crippen LogP contribution in [0.1, 0.15) is 119 Å². The maximum Gasteiger partial charge on any atom is 0.201 e. The van der Waals surface area contributed by atoms with E-state index in [0.29, 0.717) is 53.3 Å². The van der Waals surface area contributed by atoms with Crippen molar-refractivity contribution in [1.82, 2.24) is 0 Å². The molecule has 16 atom stereocenters. The molecule has 10 fully saturated rings. The topological polar surface area (TPSA) is 73.8 Å². The van der Waals surface area contributed by atoms with Crippen molar-refractivity contribution < 1.29 is 38.5 Å². The minimum absolute atomic E-state index is 0.122. The van der Waals surface area contributed by atoms with Gasteiger partial charge in [0.05, 0.1) is 12.2 Å².